The minimum absolute atomic E-state index is 0.121. The third-order valence-corrected chi connectivity index (χ3v) is 6.02. The van der Waals surface area contributed by atoms with Crippen LogP contribution in [0.15, 0.2) is 18.2 Å². The highest BCUT2D eigenvalue weighted by Crippen LogP contribution is 2.28. The van der Waals surface area contributed by atoms with E-state index in [-0.39, 0.29) is 18.7 Å². The van der Waals surface area contributed by atoms with Gasteiger partial charge in [-0.15, -0.1) is 0 Å². The van der Waals surface area contributed by atoms with E-state index in [1.807, 2.05) is 6.07 Å². The van der Waals surface area contributed by atoms with Crippen molar-refractivity contribution in [1.29, 1.82) is 0 Å². The van der Waals surface area contributed by atoms with Crippen molar-refractivity contribution in [2.45, 2.75) is 44.7 Å². The van der Waals surface area contributed by atoms with Crippen molar-refractivity contribution in [3.8, 4) is 0 Å². The lowest BCUT2D eigenvalue weighted by molar-refractivity contribution is -0.136. The normalized spacial score (nSPS) is 22.8. The Hall–Kier alpha value is -2.58. The second-order valence-electron chi connectivity index (χ2n) is 7.99. The number of amides is 4. The lowest BCUT2D eigenvalue weighted by atomic mass is 9.95. The van der Waals surface area contributed by atoms with Crippen molar-refractivity contribution < 1.29 is 19.2 Å². The number of piperidine rings is 2. The van der Waals surface area contributed by atoms with Crippen molar-refractivity contribution in [3.05, 3.63) is 34.9 Å². The fourth-order valence-corrected chi connectivity index (χ4v) is 4.34. The highest BCUT2D eigenvalue weighted by Gasteiger charge is 2.44. The number of carbonyl (C=O) groups is 4. The van der Waals surface area contributed by atoms with E-state index in [4.69, 9.17) is 0 Å². The second kappa shape index (κ2) is 8.42. The van der Waals surface area contributed by atoms with Crippen LogP contribution in [-0.4, -0.2) is 54.2 Å². The van der Waals surface area contributed by atoms with Gasteiger partial charge >= 0.3 is 0 Å². The minimum atomic E-state index is -0.924. The Labute approximate surface area is 169 Å². The fraction of sp³-hybridized carbons (Fsp3) is 0.524. The number of nitrogens with zero attached hydrogens (tertiary/aromatic N) is 1. The molecule has 29 heavy (non-hydrogen) atoms. The number of rotatable bonds is 6. The molecule has 3 aliphatic rings. The van der Waals surface area contributed by atoms with E-state index < -0.39 is 23.8 Å². The van der Waals surface area contributed by atoms with Crippen LogP contribution in [0.2, 0.25) is 0 Å². The summed E-state index contributed by atoms with van der Waals surface area (Å²) < 4.78 is 0. The maximum absolute atomic E-state index is 12.8. The van der Waals surface area contributed by atoms with E-state index in [0.29, 0.717) is 17.7 Å². The molecule has 0 aliphatic carbocycles. The molecule has 4 rings (SSSR count). The third-order valence-electron chi connectivity index (χ3n) is 6.02. The summed E-state index contributed by atoms with van der Waals surface area (Å²) in [5.74, 6) is -1.14. The minimum Gasteiger partial charge on any atom is -0.317 e. The molecule has 1 unspecified atom stereocenters. The smallest absolute Gasteiger partial charge is 0.262 e. The number of hydrogen-bond acceptors (Lipinski definition) is 6. The molecule has 0 saturated carbocycles. The lowest BCUT2D eigenvalue weighted by Crippen LogP contribution is -2.54. The van der Waals surface area contributed by atoms with Gasteiger partial charge in [-0.1, -0.05) is 6.07 Å². The molecule has 0 radical (unpaired) electrons. The monoisotopic (exact) mass is 398 g/mol. The quantitative estimate of drug-likeness (QED) is 0.478. The molecule has 154 valence electrons. The number of nitrogens with one attached hydrogen (secondary N) is 3. The van der Waals surface area contributed by atoms with E-state index >= 15 is 0 Å². The summed E-state index contributed by atoms with van der Waals surface area (Å²) in [7, 11) is 0. The SMILES string of the molecule is O=C1CCC(N2C(=O)c3ccc(CNCCC4CCNCC4)cc3C2=O)C(=O)N1. The average molecular weight is 398 g/mol. The van der Waals surface area contributed by atoms with Crippen LogP contribution in [0.25, 0.3) is 0 Å². The van der Waals surface area contributed by atoms with Gasteiger partial charge in [0.05, 0.1) is 11.1 Å². The van der Waals surface area contributed by atoms with Crippen LogP contribution in [0.1, 0.15) is 58.4 Å². The van der Waals surface area contributed by atoms with E-state index in [1.54, 1.807) is 12.1 Å². The summed E-state index contributed by atoms with van der Waals surface area (Å²) in [6, 6.07) is 4.31. The summed E-state index contributed by atoms with van der Waals surface area (Å²) in [4.78, 5) is 50.0. The molecule has 2 fully saturated rings. The van der Waals surface area contributed by atoms with E-state index in [2.05, 4.69) is 16.0 Å². The zero-order chi connectivity index (χ0) is 20.4. The highest BCUT2D eigenvalue weighted by molar-refractivity contribution is 6.23. The highest BCUT2D eigenvalue weighted by atomic mass is 16.2. The van der Waals surface area contributed by atoms with Gasteiger partial charge in [-0.2, -0.15) is 0 Å². The van der Waals surface area contributed by atoms with Gasteiger partial charge in [0.25, 0.3) is 11.8 Å². The molecule has 8 heteroatoms. The molecule has 4 amide bonds. The van der Waals surface area contributed by atoms with Gasteiger partial charge in [0.15, 0.2) is 0 Å². The summed E-state index contributed by atoms with van der Waals surface area (Å²) in [6.45, 7) is 3.72. The Morgan fingerprint density at radius 1 is 1.00 bits per heavy atom. The van der Waals surface area contributed by atoms with Gasteiger partial charge in [-0.25, -0.2) is 0 Å². The number of hydrogen-bond donors (Lipinski definition) is 3. The molecule has 8 nitrogen and oxygen atoms in total. The average Bonchev–Trinajstić information content (AvgIpc) is 2.96. The van der Waals surface area contributed by atoms with E-state index in [1.165, 1.54) is 12.8 Å². The van der Waals surface area contributed by atoms with Crippen molar-refractivity contribution in [1.82, 2.24) is 20.9 Å². The maximum Gasteiger partial charge on any atom is 0.262 e. The Morgan fingerprint density at radius 3 is 2.52 bits per heavy atom. The van der Waals surface area contributed by atoms with Crippen LogP contribution in [0.5, 0.6) is 0 Å². The van der Waals surface area contributed by atoms with Crippen molar-refractivity contribution in [2.75, 3.05) is 19.6 Å². The summed E-state index contributed by atoms with van der Waals surface area (Å²) in [5, 5.41) is 9.00. The van der Waals surface area contributed by atoms with Crippen LogP contribution < -0.4 is 16.0 Å². The Kier molecular flexibility index (Phi) is 5.73. The molecule has 3 N–H and O–H groups in total. The van der Waals surface area contributed by atoms with E-state index in [0.717, 1.165) is 42.4 Å². The molecule has 3 heterocycles. The van der Waals surface area contributed by atoms with Gasteiger partial charge in [-0.3, -0.25) is 29.4 Å². The summed E-state index contributed by atoms with van der Waals surface area (Å²) in [6.07, 6.45) is 3.85. The van der Waals surface area contributed by atoms with Gasteiger partial charge in [0.1, 0.15) is 6.04 Å². The molecule has 1 aromatic carbocycles. The lowest BCUT2D eigenvalue weighted by Gasteiger charge is -2.27. The number of imide groups is 2. The second-order valence-corrected chi connectivity index (χ2v) is 7.99. The Balaban J connectivity index is 1.38. The van der Waals surface area contributed by atoms with Gasteiger partial charge in [0, 0.05) is 13.0 Å². The number of benzene rings is 1. The molecule has 1 aromatic rings. The largest absolute Gasteiger partial charge is 0.317 e. The van der Waals surface area contributed by atoms with E-state index in [9.17, 15) is 19.2 Å². The zero-order valence-corrected chi connectivity index (χ0v) is 16.3. The Morgan fingerprint density at radius 2 is 1.76 bits per heavy atom. The van der Waals surface area contributed by atoms with Gasteiger partial charge in [0.2, 0.25) is 11.8 Å². The molecular formula is C21H26N4O4. The molecule has 2 saturated heterocycles. The van der Waals surface area contributed by atoms with Crippen LogP contribution >= 0.6 is 0 Å². The first kappa shape index (κ1) is 19.7. The first-order valence-corrected chi connectivity index (χ1v) is 10.3. The summed E-state index contributed by atoms with van der Waals surface area (Å²) >= 11 is 0. The predicted molar refractivity (Wildman–Crippen MR) is 105 cm³/mol. The van der Waals surface area contributed by atoms with Crippen molar-refractivity contribution in [3.63, 3.8) is 0 Å². The molecular weight excluding hydrogens is 372 g/mol. The summed E-state index contributed by atoms with van der Waals surface area (Å²) in [5.41, 5.74) is 1.58. The van der Waals surface area contributed by atoms with Crippen LogP contribution in [0.4, 0.5) is 0 Å². The number of fused-ring (bicyclic) bond motifs is 1. The first-order valence-electron chi connectivity index (χ1n) is 10.3. The molecule has 3 aliphatic heterocycles. The van der Waals surface area contributed by atoms with Crippen molar-refractivity contribution >= 4 is 23.6 Å². The number of carbonyl (C=O) groups excluding carboxylic acids is 4. The van der Waals surface area contributed by atoms with Crippen LogP contribution in [0.3, 0.4) is 0 Å². The molecule has 0 bridgehead atoms. The fourth-order valence-electron chi connectivity index (χ4n) is 4.34. The standard InChI is InChI=1S/C21H26N4O4/c26-18-4-3-17(19(27)24-18)25-20(28)15-2-1-14(11-16(15)21(25)29)12-23-10-7-13-5-8-22-9-6-13/h1-2,11,13,17,22-23H,3-10,12H2,(H,24,26,27). The third kappa shape index (κ3) is 4.09. The zero-order valence-electron chi connectivity index (χ0n) is 16.3. The topological polar surface area (TPSA) is 108 Å². The Bertz CT molecular complexity index is 847. The maximum atomic E-state index is 12.8. The molecule has 1 atom stereocenters. The predicted octanol–water partition coefficient (Wildman–Crippen LogP) is 0.567. The van der Waals surface area contributed by atoms with Crippen LogP contribution in [0, 0.1) is 5.92 Å². The van der Waals surface area contributed by atoms with Gasteiger partial charge < -0.3 is 10.6 Å². The molecule has 0 spiro atoms. The van der Waals surface area contributed by atoms with Crippen LogP contribution in [-0.2, 0) is 16.1 Å². The van der Waals surface area contributed by atoms with Crippen molar-refractivity contribution in [2.24, 2.45) is 5.92 Å². The van der Waals surface area contributed by atoms with Gasteiger partial charge in [-0.05, 0) is 68.9 Å². The molecule has 0 aromatic heterocycles. The first-order chi connectivity index (χ1) is 14.0.